The second-order valence-corrected chi connectivity index (χ2v) is 3.77. The van der Waals surface area contributed by atoms with Crippen molar-refractivity contribution in [1.82, 2.24) is 0 Å². The van der Waals surface area contributed by atoms with Crippen LogP contribution in [0.25, 0.3) is 0 Å². The molecule has 0 aliphatic heterocycles. The van der Waals surface area contributed by atoms with Gasteiger partial charge in [0.25, 0.3) is 5.69 Å². The van der Waals surface area contributed by atoms with Crippen molar-refractivity contribution < 1.29 is 9.66 Å². The number of nitro groups is 1. The van der Waals surface area contributed by atoms with Crippen LogP contribution in [-0.4, -0.2) is 32.2 Å². The van der Waals surface area contributed by atoms with Gasteiger partial charge in [0, 0.05) is 39.1 Å². The van der Waals surface area contributed by atoms with Gasteiger partial charge in [0.05, 0.1) is 4.92 Å². The predicted octanol–water partition coefficient (Wildman–Crippen LogP) is 1.65. The largest absolute Gasteiger partial charge is 0.393 e. The molecule has 0 bridgehead atoms. The van der Waals surface area contributed by atoms with Crippen LogP contribution in [0.1, 0.15) is 6.42 Å². The molecule has 0 unspecified atom stereocenters. The number of hydrogen-bond donors (Lipinski definition) is 1. The number of ether oxygens (including phenoxy) is 1. The average Bonchev–Trinajstić information content (AvgIpc) is 2.28. The van der Waals surface area contributed by atoms with Crippen LogP contribution in [0.5, 0.6) is 0 Å². The first-order valence-electron chi connectivity index (χ1n) is 5.30. The van der Waals surface area contributed by atoms with Crippen molar-refractivity contribution in [3.8, 4) is 0 Å². The molecule has 0 fully saturated rings. The van der Waals surface area contributed by atoms with Crippen molar-refractivity contribution in [3.63, 3.8) is 0 Å². The molecule has 0 aliphatic carbocycles. The van der Waals surface area contributed by atoms with Crippen LogP contribution < -0.4 is 10.6 Å². The fourth-order valence-electron chi connectivity index (χ4n) is 1.52. The van der Waals surface area contributed by atoms with Crippen LogP contribution in [-0.2, 0) is 4.74 Å². The van der Waals surface area contributed by atoms with Gasteiger partial charge in [-0.3, -0.25) is 10.1 Å². The van der Waals surface area contributed by atoms with Crippen molar-refractivity contribution >= 4 is 17.1 Å². The summed E-state index contributed by atoms with van der Waals surface area (Å²) in [6.45, 7) is 1.50. The molecule has 0 radical (unpaired) electrons. The zero-order chi connectivity index (χ0) is 12.8. The van der Waals surface area contributed by atoms with Gasteiger partial charge in [0.1, 0.15) is 5.69 Å². The SMILES string of the molecule is COCCCN(C)c1ccc([N+](=O)[O-])c(N)c1. The first-order chi connectivity index (χ1) is 8.06. The lowest BCUT2D eigenvalue weighted by molar-refractivity contribution is -0.383. The van der Waals surface area contributed by atoms with Crippen molar-refractivity contribution in [2.24, 2.45) is 0 Å². The van der Waals surface area contributed by atoms with E-state index in [-0.39, 0.29) is 11.4 Å². The second-order valence-electron chi connectivity index (χ2n) is 3.77. The van der Waals surface area contributed by atoms with Gasteiger partial charge in [0.2, 0.25) is 0 Å². The van der Waals surface area contributed by atoms with E-state index in [9.17, 15) is 10.1 Å². The molecule has 0 saturated heterocycles. The minimum atomic E-state index is -0.482. The smallest absolute Gasteiger partial charge is 0.292 e. The molecule has 0 atom stereocenters. The van der Waals surface area contributed by atoms with E-state index in [1.165, 1.54) is 6.07 Å². The van der Waals surface area contributed by atoms with Crippen LogP contribution in [0.3, 0.4) is 0 Å². The first-order valence-corrected chi connectivity index (χ1v) is 5.30. The summed E-state index contributed by atoms with van der Waals surface area (Å²) in [7, 11) is 3.57. The van der Waals surface area contributed by atoms with Gasteiger partial charge in [-0.1, -0.05) is 0 Å². The molecule has 0 spiro atoms. The standard InChI is InChI=1S/C11H17N3O3/c1-13(6-3-7-17-2)9-4-5-11(14(15)16)10(12)8-9/h4-5,8H,3,6-7,12H2,1-2H3. The summed E-state index contributed by atoms with van der Waals surface area (Å²) in [6, 6.07) is 4.74. The van der Waals surface area contributed by atoms with Gasteiger partial charge in [0.15, 0.2) is 0 Å². The van der Waals surface area contributed by atoms with Crippen molar-refractivity contribution in [3.05, 3.63) is 28.3 Å². The molecule has 1 aromatic carbocycles. The Hall–Kier alpha value is -1.82. The Morgan fingerprint density at radius 3 is 2.76 bits per heavy atom. The maximum absolute atomic E-state index is 10.6. The molecule has 6 heteroatoms. The Balaban J connectivity index is 2.72. The maximum Gasteiger partial charge on any atom is 0.292 e. The third-order valence-corrected chi connectivity index (χ3v) is 2.49. The summed E-state index contributed by atoms with van der Waals surface area (Å²) in [6.07, 6.45) is 0.893. The van der Waals surface area contributed by atoms with Crippen molar-refractivity contribution in [2.45, 2.75) is 6.42 Å². The van der Waals surface area contributed by atoms with E-state index >= 15 is 0 Å². The number of methoxy groups -OCH3 is 1. The summed E-state index contributed by atoms with van der Waals surface area (Å²) < 4.78 is 4.96. The van der Waals surface area contributed by atoms with Gasteiger partial charge in [-0.2, -0.15) is 0 Å². The Kier molecular flexibility index (Phi) is 4.71. The molecule has 2 N–H and O–H groups in total. The van der Waals surface area contributed by atoms with Gasteiger partial charge in [-0.05, 0) is 18.6 Å². The molecule has 0 aromatic heterocycles. The summed E-state index contributed by atoms with van der Waals surface area (Å²) in [5.74, 6) is 0. The van der Waals surface area contributed by atoms with E-state index in [2.05, 4.69) is 0 Å². The lowest BCUT2D eigenvalue weighted by Crippen LogP contribution is -2.19. The molecule has 1 aromatic rings. The summed E-state index contributed by atoms with van der Waals surface area (Å²) in [5.41, 5.74) is 6.62. The van der Waals surface area contributed by atoms with Crippen LogP contribution in [0, 0.1) is 10.1 Å². The first kappa shape index (κ1) is 13.2. The summed E-state index contributed by atoms with van der Waals surface area (Å²) in [4.78, 5) is 12.1. The molecular formula is C11H17N3O3. The summed E-state index contributed by atoms with van der Waals surface area (Å²) >= 11 is 0. The van der Waals surface area contributed by atoms with Gasteiger partial charge in [-0.25, -0.2) is 0 Å². The highest BCUT2D eigenvalue weighted by molar-refractivity contribution is 5.66. The predicted molar refractivity (Wildman–Crippen MR) is 67.3 cm³/mol. The number of benzene rings is 1. The lowest BCUT2D eigenvalue weighted by atomic mass is 10.2. The third-order valence-electron chi connectivity index (χ3n) is 2.49. The molecule has 17 heavy (non-hydrogen) atoms. The Morgan fingerprint density at radius 2 is 2.24 bits per heavy atom. The van der Waals surface area contributed by atoms with Gasteiger partial charge in [-0.15, -0.1) is 0 Å². The number of nitro benzene ring substituents is 1. The van der Waals surface area contributed by atoms with E-state index < -0.39 is 4.92 Å². The zero-order valence-corrected chi connectivity index (χ0v) is 10.0. The van der Waals surface area contributed by atoms with E-state index in [1.807, 2.05) is 11.9 Å². The number of nitrogens with zero attached hydrogens (tertiary/aromatic N) is 2. The molecule has 0 aliphatic rings. The fourth-order valence-corrected chi connectivity index (χ4v) is 1.52. The molecule has 0 saturated carbocycles. The second kappa shape index (κ2) is 6.05. The van der Waals surface area contributed by atoms with E-state index in [1.54, 1.807) is 19.2 Å². The fraction of sp³-hybridized carbons (Fsp3) is 0.455. The topological polar surface area (TPSA) is 81.6 Å². The average molecular weight is 239 g/mol. The highest BCUT2D eigenvalue weighted by Crippen LogP contribution is 2.26. The normalized spacial score (nSPS) is 10.2. The van der Waals surface area contributed by atoms with Crippen LogP contribution >= 0.6 is 0 Å². The third kappa shape index (κ3) is 3.60. The van der Waals surface area contributed by atoms with E-state index in [4.69, 9.17) is 10.5 Å². The molecule has 0 amide bonds. The highest BCUT2D eigenvalue weighted by Gasteiger charge is 2.12. The highest BCUT2D eigenvalue weighted by atomic mass is 16.6. The Labute approximate surface area is 100 Å². The number of anilines is 2. The number of nitrogen functional groups attached to an aromatic ring is 1. The lowest BCUT2D eigenvalue weighted by Gasteiger charge is -2.19. The zero-order valence-electron chi connectivity index (χ0n) is 10.0. The Bertz CT molecular complexity index is 396. The van der Waals surface area contributed by atoms with Gasteiger partial charge >= 0.3 is 0 Å². The number of hydrogen-bond acceptors (Lipinski definition) is 5. The minimum Gasteiger partial charge on any atom is -0.393 e. The quantitative estimate of drug-likeness (QED) is 0.353. The van der Waals surface area contributed by atoms with Gasteiger partial charge < -0.3 is 15.4 Å². The van der Waals surface area contributed by atoms with E-state index in [0.29, 0.717) is 6.61 Å². The number of rotatable bonds is 6. The van der Waals surface area contributed by atoms with Crippen molar-refractivity contribution in [1.29, 1.82) is 0 Å². The summed E-state index contributed by atoms with van der Waals surface area (Å²) in [5, 5.41) is 10.6. The van der Waals surface area contributed by atoms with Crippen LogP contribution in [0.2, 0.25) is 0 Å². The Morgan fingerprint density at radius 1 is 1.53 bits per heavy atom. The van der Waals surface area contributed by atoms with Crippen LogP contribution in [0.4, 0.5) is 17.1 Å². The maximum atomic E-state index is 10.6. The van der Waals surface area contributed by atoms with E-state index in [0.717, 1.165) is 18.7 Å². The minimum absolute atomic E-state index is 0.0564. The molecular weight excluding hydrogens is 222 g/mol. The molecule has 6 nitrogen and oxygen atoms in total. The van der Waals surface area contributed by atoms with Crippen molar-refractivity contribution in [2.75, 3.05) is 37.9 Å². The monoisotopic (exact) mass is 239 g/mol. The van der Waals surface area contributed by atoms with Crippen LogP contribution in [0.15, 0.2) is 18.2 Å². The molecule has 1 rings (SSSR count). The molecule has 0 heterocycles. The molecule has 94 valence electrons. The number of nitrogens with two attached hydrogens (primary N) is 1.